The maximum atomic E-state index is 12.5. The first-order valence-electron chi connectivity index (χ1n) is 17.2. The summed E-state index contributed by atoms with van der Waals surface area (Å²) in [6.07, 6.45) is 4.58. The standard InChI is InChI=1S/C39H54N2O12/c1-38(2,3)52-36(44)40-17-19-48-21-23-50-32-15-11-28(25-34(32)46-7)9-13-30(42)27-31(43)14-10-29-12-16-33(35(26-29)47-8)51-24-22-49-20-18-41-37(45)53-39(4,5)6/h9-16,25-26H,17-24,27H2,1-8H3,(H,40,44)(H,41,45). The van der Waals surface area contributed by atoms with Gasteiger partial charge < -0.3 is 48.5 Å². The zero-order valence-corrected chi connectivity index (χ0v) is 32.0. The van der Waals surface area contributed by atoms with Gasteiger partial charge in [0.05, 0.1) is 47.1 Å². The van der Waals surface area contributed by atoms with Crippen molar-refractivity contribution < 1.29 is 57.1 Å². The number of amides is 2. The summed E-state index contributed by atoms with van der Waals surface area (Å²) >= 11 is 0. The van der Waals surface area contributed by atoms with Crippen molar-refractivity contribution in [1.29, 1.82) is 0 Å². The average Bonchev–Trinajstić information content (AvgIpc) is 3.07. The molecule has 0 bridgehead atoms. The maximum absolute atomic E-state index is 12.5. The molecule has 0 aromatic heterocycles. The molecule has 14 heteroatoms. The van der Waals surface area contributed by atoms with Gasteiger partial charge in [-0.05, 0) is 89.1 Å². The van der Waals surface area contributed by atoms with Crippen LogP contribution < -0.4 is 29.6 Å². The molecule has 0 unspecified atom stereocenters. The molecule has 2 aromatic carbocycles. The molecule has 14 nitrogen and oxygen atoms in total. The van der Waals surface area contributed by atoms with Crippen molar-refractivity contribution in [2.45, 2.75) is 59.2 Å². The Morgan fingerprint density at radius 2 is 0.962 bits per heavy atom. The van der Waals surface area contributed by atoms with Gasteiger partial charge in [-0.25, -0.2) is 9.59 Å². The quantitative estimate of drug-likeness (QED) is 0.0848. The molecule has 2 aromatic rings. The molecule has 2 amide bonds. The number of rotatable bonds is 22. The molecule has 0 radical (unpaired) electrons. The Morgan fingerprint density at radius 3 is 1.32 bits per heavy atom. The van der Waals surface area contributed by atoms with Crippen LogP contribution >= 0.6 is 0 Å². The van der Waals surface area contributed by atoms with Crippen molar-refractivity contribution >= 4 is 35.9 Å². The number of hydrogen-bond acceptors (Lipinski definition) is 12. The number of carbonyl (C=O) groups is 4. The van der Waals surface area contributed by atoms with E-state index in [-0.39, 0.29) is 31.2 Å². The summed E-state index contributed by atoms with van der Waals surface area (Å²) in [7, 11) is 3.02. The molecular weight excluding hydrogens is 688 g/mol. The van der Waals surface area contributed by atoms with Gasteiger partial charge in [-0.1, -0.05) is 24.3 Å². The van der Waals surface area contributed by atoms with Crippen LogP contribution in [0.2, 0.25) is 0 Å². The second kappa shape index (κ2) is 22.8. The fourth-order valence-corrected chi connectivity index (χ4v) is 4.19. The third kappa shape index (κ3) is 19.9. The Morgan fingerprint density at radius 1 is 0.566 bits per heavy atom. The van der Waals surface area contributed by atoms with Crippen LogP contribution in [0.3, 0.4) is 0 Å². The van der Waals surface area contributed by atoms with Crippen molar-refractivity contribution in [3.05, 3.63) is 59.7 Å². The first-order valence-corrected chi connectivity index (χ1v) is 17.2. The summed E-state index contributed by atoms with van der Waals surface area (Å²) in [5.41, 5.74) is 0.243. The molecule has 2 rings (SSSR count). The number of allylic oxidation sites excluding steroid dienone is 2. The van der Waals surface area contributed by atoms with E-state index < -0.39 is 23.4 Å². The topological polar surface area (TPSA) is 166 Å². The number of nitrogens with one attached hydrogen (secondary N) is 2. The molecule has 0 saturated carbocycles. The summed E-state index contributed by atoms with van der Waals surface area (Å²) < 4.78 is 43.6. The van der Waals surface area contributed by atoms with Crippen molar-refractivity contribution in [3.8, 4) is 23.0 Å². The Labute approximate surface area is 312 Å². The van der Waals surface area contributed by atoms with E-state index in [1.165, 1.54) is 26.4 Å². The maximum Gasteiger partial charge on any atom is 0.407 e. The Bertz CT molecular complexity index is 1430. The monoisotopic (exact) mass is 742 g/mol. The fraction of sp³-hybridized carbons (Fsp3) is 0.487. The van der Waals surface area contributed by atoms with Gasteiger partial charge in [0.2, 0.25) is 0 Å². The first kappa shape index (κ1) is 44.1. The predicted molar refractivity (Wildman–Crippen MR) is 200 cm³/mol. The summed E-state index contributed by atoms with van der Waals surface area (Å²) in [6, 6.07) is 10.4. The number of methoxy groups -OCH3 is 2. The van der Waals surface area contributed by atoms with Crippen LogP contribution in [0.5, 0.6) is 23.0 Å². The van der Waals surface area contributed by atoms with Crippen LogP contribution in [0.4, 0.5) is 9.59 Å². The van der Waals surface area contributed by atoms with E-state index in [0.29, 0.717) is 73.6 Å². The molecular formula is C39H54N2O12. The highest BCUT2D eigenvalue weighted by Gasteiger charge is 2.16. The minimum atomic E-state index is -0.565. The third-order valence-corrected chi connectivity index (χ3v) is 6.45. The van der Waals surface area contributed by atoms with Crippen LogP contribution in [0, 0.1) is 0 Å². The van der Waals surface area contributed by atoms with Crippen LogP contribution in [0.15, 0.2) is 48.6 Å². The van der Waals surface area contributed by atoms with E-state index in [0.717, 1.165) is 0 Å². The van der Waals surface area contributed by atoms with Crippen molar-refractivity contribution in [3.63, 3.8) is 0 Å². The van der Waals surface area contributed by atoms with Gasteiger partial charge in [-0.3, -0.25) is 9.59 Å². The first-order chi connectivity index (χ1) is 25.1. The normalized spacial score (nSPS) is 11.6. The van der Waals surface area contributed by atoms with Gasteiger partial charge in [0.25, 0.3) is 0 Å². The second-order valence-electron chi connectivity index (χ2n) is 13.4. The third-order valence-electron chi connectivity index (χ3n) is 6.45. The SMILES string of the molecule is COc1cc(C=CC(=O)CC(=O)C=Cc2ccc(OCCOCCNC(=O)OC(C)(C)C)c(OC)c2)ccc1OCCOCCNC(=O)OC(C)(C)C. The number of ether oxygens (including phenoxy) is 8. The summed E-state index contributed by atoms with van der Waals surface area (Å²) in [6.45, 7) is 13.0. The molecule has 0 aliphatic carbocycles. The van der Waals surface area contributed by atoms with Gasteiger partial charge in [0.1, 0.15) is 24.4 Å². The molecule has 0 aliphatic rings. The van der Waals surface area contributed by atoms with E-state index in [2.05, 4.69) is 10.6 Å². The smallest absolute Gasteiger partial charge is 0.407 e. The number of ketones is 2. The molecule has 53 heavy (non-hydrogen) atoms. The zero-order chi connectivity index (χ0) is 39.3. The van der Waals surface area contributed by atoms with Crippen LogP contribution in [0.1, 0.15) is 59.1 Å². The highest BCUT2D eigenvalue weighted by Crippen LogP contribution is 2.29. The minimum Gasteiger partial charge on any atom is -0.493 e. The van der Waals surface area contributed by atoms with Gasteiger partial charge >= 0.3 is 12.2 Å². The average molecular weight is 743 g/mol. The number of hydrogen-bond donors (Lipinski definition) is 2. The van der Waals surface area contributed by atoms with E-state index in [4.69, 9.17) is 37.9 Å². The van der Waals surface area contributed by atoms with E-state index in [9.17, 15) is 19.2 Å². The highest BCUT2D eigenvalue weighted by atomic mass is 16.6. The Hall–Kier alpha value is -5.08. The molecule has 0 spiro atoms. The molecule has 0 fully saturated rings. The van der Waals surface area contributed by atoms with Crippen molar-refractivity contribution in [2.75, 3.05) is 67.0 Å². The van der Waals surface area contributed by atoms with Crippen molar-refractivity contribution in [1.82, 2.24) is 10.6 Å². The molecule has 2 N–H and O–H groups in total. The largest absolute Gasteiger partial charge is 0.493 e. The molecule has 0 atom stereocenters. The number of carbonyl (C=O) groups excluding carboxylic acids is 4. The van der Waals surface area contributed by atoms with E-state index >= 15 is 0 Å². The lowest BCUT2D eigenvalue weighted by Gasteiger charge is -2.19. The number of alkyl carbamates (subject to hydrolysis) is 2. The molecule has 0 aliphatic heterocycles. The van der Waals surface area contributed by atoms with Gasteiger partial charge in [0.15, 0.2) is 34.6 Å². The molecule has 0 saturated heterocycles. The molecule has 292 valence electrons. The lowest BCUT2D eigenvalue weighted by molar-refractivity contribution is -0.121. The predicted octanol–water partition coefficient (Wildman–Crippen LogP) is 5.80. The summed E-state index contributed by atoms with van der Waals surface area (Å²) in [5, 5.41) is 5.23. The van der Waals surface area contributed by atoms with E-state index in [1.807, 2.05) is 0 Å². The van der Waals surface area contributed by atoms with Crippen LogP contribution in [-0.4, -0.2) is 102 Å². The summed E-state index contributed by atoms with van der Waals surface area (Å²) in [5.74, 6) is 1.21. The Balaban J connectivity index is 1.74. The van der Waals surface area contributed by atoms with Gasteiger partial charge in [-0.15, -0.1) is 0 Å². The Kier molecular flexibility index (Phi) is 18.9. The summed E-state index contributed by atoms with van der Waals surface area (Å²) in [4.78, 5) is 48.3. The van der Waals surface area contributed by atoms with Gasteiger partial charge in [-0.2, -0.15) is 0 Å². The van der Waals surface area contributed by atoms with Crippen LogP contribution in [-0.2, 0) is 28.5 Å². The minimum absolute atomic E-state index is 0.255. The van der Waals surface area contributed by atoms with Crippen molar-refractivity contribution in [2.24, 2.45) is 0 Å². The lowest BCUT2D eigenvalue weighted by atomic mass is 10.1. The van der Waals surface area contributed by atoms with Crippen LogP contribution in [0.25, 0.3) is 12.2 Å². The fourth-order valence-electron chi connectivity index (χ4n) is 4.19. The highest BCUT2D eigenvalue weighted by molar-refractivity contribution is 6.10. The molecule has 0 heterocycles. The van der Waals surface area contributed by atoms with Gasteiger partial charge in [0, 0.05) is 13.1 Å². The van der Waals surface area contributed by atoms with E-state index in [1.54, 1.807) is 90.1 Å². The lowest BCUT2D eigenvalue weighted by Crippen LogP contribution is -2.34. The zero-order valence-electron chi connectivity index (χ0n) is 32.0. The number of benzene rings is 2. The second-order valence-corrected chi connectivity index (χ2v) is 13.4.